The van der Waals surface area contributed by atoms with Gasteiger partial charge in [-0.05, 0) is 45.3 Å². The third-order valence-corrected chi connectivity index (χ3v) is 2.52. The molecule has 3 nitrogen and oxygen atoms in total. The molecule has 0 aliphatic rings. The summed E-state index contributed by atoms with van der Waals surface area (Å²) in [5.41, 5.74) is -0.784. The van der Waals surface area contributed by atoms with Gasteiger partial charge in [-0.25, -0.2) is 0 Å². The largest absolute Gasteiger partial charge is 0.416 e. The summed E-state index contributed by atoms with van der Waals surface area (Å²) in [7, 11) is 3.82. The highest BCUT2D eigenvalue weighted by Crippen LogP contribution is 2.29. The van der Waals surface area contributed by atoms with Crippen molar-refractivity contribution in [2.24, 2.45) is 0 Å². The van der Waals surface area contributed by atoms with Gasteiger partial charge in [0.05, 0.1) is 5.56 Å². The smallest absolute Gasteiger partial charge is 0.352 e. The molecular formula is C13H17F3N2O. The molecular weight excluding hydrogens is 257 g/mol. The second-order valence-corrected chi connectivity index (χ2v) is 4.49. The van der Waals surface area contributed by atoms with E-state index in [0.717, 1.165) is 25.1 Å². The number of rotatable bonds is 5. The lowest BCUT2D eigenvalue weighted by Gasteiger charge is -2.11. The summed E-state index contributed by atoms with van der Waals surface area (Å²) in [6, 6.07) is 4.41. The van der Waals surface area contributed by atoms with Crippen molar-refractivity contribution in [3.8, 4) is 0 Å². The molecule has 0 unspecified atom stereocenters. The molecule has 0 atom stereocenters. The highest BCUT2D eigenvalue weighted by molar-refractivity contribution is 5.94. The van der Waals surface area contributed by atoms with Gasteiger partial charge in [-0.15, -0.1) is 0 Å². The SMILES string of the molecule is CN(C)CCCNC(=O)c1cccc(C(F)(F)F)c1. The molecule has 0 saturated heterocycles. The lowest BCUT2D eigenvalue weighted by Crippen LogP contribution is -2.27. The molecule has 0 aromatic heterocycles. The van der Waals surface area contributed by atoms with E-state index in [-0.39, 0.29) is 5.56 Å². The van der Waals surface area contributed by atoms with Gasteiger partial charge in [-0.1, -0.05) is 6.07 Å². The molecule has 0 saturated carbocycles. The number of nitrogens with one attached hydrogen (secondary N) is 1. The van der Waals surface area contributed by atoms with Gasteiger partial charge in [0, 0.05) is 12.1 Å². The van der Waals surface area contributed by atoms with Crippen molar-refractivity contribution in [1.82, 2.24) is 10.2 Å². The maximum absolute atomic E-state index is 12.5. The van der Waals surface area contributed by atoms with Crippen LogP contribution in [0.4, 0.5) is 13.2 Å². The molecule has 19 heavy (non-hydrogen) atoms. The molecule has 1 amide bonds. The zero-order valence-electron chi connectivity index (χ0n) is 10.9. The van der Waals surface area contributed by atoms with Crippen molar-refractivity contribution in [3.05, 3.63) is 35.4 Å². The minimum Gasteiger partial charge on any atom is -0.352 e. The Hall–Kier alpha value is -1.56. The predicted molar refractivity (Wildman–Crippen MR) is 66.9 cm³/mol. The number of hydrogen-bond acceptors (Lipinski definition) is 2. The Bertz CT molecular complexity index is 430. The van der Waals surface area contributed by atoms with Crippen molar-refractivity contribution in [2.45, 2.75) is 12.6 Å². The third kappa shape index (κ3) is 5.30. The molecule has 0 aliphatic heterocycles. The van der Waals surface area contributed by atoms with E-state index in [4.69, 9.17) is 0 Å². The molecule has 0 bridgehead atoms. The summed E-state index contributed by atoms with van der Waals surface area (Å²) in [6.07, 6.45) is -3.68. The van der Waals surface area contributed by atoms with E-state index in [2.05, 4.69) is 5.32 Å². The van der Waals surface area contributed by atoms with E-state index in [1.54, 1.807) is 0 Å². The van der Waals surface area contributed by atoms with Crippen LogP contribution in [0.1, 0.15) is 22.3 Å². The van der Waals surface area contributed by atoms with Crippen molar-refractivity contribution < 1.29 is 18.0 Å². The Morgan fingerprint density at radius 1 is 1.32 bits per heavy atom. The number of halogens is 3. The van der Waals surface area contributed by atoms with Crippen LogP contribution in [0.5, 0.6) is 0 Å². The number of nitrogens with zero attached hydrogens (tertiary/aromatic N) is 1. The molecule has 1 aromatic carbocycles. The zero-order chi connectivity index (χ0) is 14.5. The molecule has 1 N–H and O–H groups in total. The predicted octanol–water partition coefficient (Wildman–Crippen LogP) is 2.39. The van der Waals surface area contributed by atoms with Crippen LogP contribution >= 0.6 is 0 Å². The van der Waals surface area contributed by atoms with Gasteiger partial charge in [0.25, 0.3) is 5.91 Å². The number of amides is 1. The molecule has 0 aliphatic carbocycles. The van der Waals surface area contributed by atoms with Crippen LogP contribution in [0.2, 0.25) is 0 Å². The van der Waals surface area contributed by atoms with Crippen LogP contribution in [0.3, 0.4) is 0 Å². The van der Waals surface area contributed by atoms with Gasteiger partial charge in [-0.2, -0.15) is 13.2 Å². The first-order valence-corrected chi connectivity index (χ1v) is 5.91. The van der Waals surface area contributed by atoms with Crippen LogP contribution in [0.25, 0.3) is 0 Å². The second-order valence-electron chi connectivity index (χ2n) is 4.49. The average molecular weight is 274 g/mol. The molecule has 1 aromatic rings. The Morgan fingerprint density at radius 2 is 2.00 bits per heavy atom. The van der Waals surface area contributed by atoms with Gasteiger partial charge in [0.15, 0.2) is 0 Å². The average Bonchev–Trinajstić information content (AvgIpc) is 2.33. The van der Waals surface area contributed by atoms with E-state index in [1.165, 1.54) is 12.1 Å². The van der Waals surface area contributed by atoms with E-state index in [0.29, 0.717) is 6.54 Å². The van der Waals surface area contributed by atoms with Crippen molar-refractivity contribution >= 4 is 5.91 Å². The summed E-state index contributed by atoms with van der Waals surface area (Å²) in [5.74, 6) is -0.482. The van der Waals surface area contributed by atoms with E-state index < -0.39 is 17.6 Å². The fourth-order valence-electron chi connectivity index (χ4n) is 1.54. The first-order chi connectivity index (χ1) is 8.80. The maximum atomic E-state index is 12.5. The van der Waals surface area contributed by atoms with Crippen LogP contribution in [-0.2, 0) is 6.18 Å². The van der Waals surface area contributed by atoms with Crippen LogP contribution in [0, 0.1) is 0 Å². The lowest BCUT2D eigenvalue weighted by molar-refractivity contribution is -0.137. The Morgan fingerprint density at radius 3 is 2.58 bits per heavy atom. The van der Waals surface area contributed by atoms with Crippen LogP contribution < -0.4 is 5.32 Å². The van der Waals surface area contributed by atoms with E-state index in [1.807, 2.05) is 19.0 Å². The van der Waals surface area contributed by atoms with E-state index >= 15 is 0 Å². The molecule has 0 radical (unpaired) electrons. The molecule has 106 valence electrons. The number of benzene rings is 1. The zero-order valence-corrected chi connectivity index (χ0v) is 10.9. The quantitative estimate of drug-likeness (QED) is 0.836. The Balaban J connectivity index is 2.58. The number of alkyl halides is 3. The molecule has 6 heteroatoms. The van der Waals surface area contributed by atoms with Gasteiger partial charge < -0.3 is 10.2 Å². The fraction of sp³-hybridized carbons (Fsp3) is 0.462. The first-order valence-electron chi connectivity index (χ1n) is 5.91. The van der Waals surface area contributed by atoms with Crippen LogP contribution in [-0.4, -0.2) is 38.0 Å². The normalized spacial score (nSPS) is 11.7. The summed E-state index contributed by atoms with van der Waals surface area (Å²) in [5, 5.41) is 2.60. The standard InChI is InChI=1S/C13H17F3N2O/c1-18(2)8-4-7-17-12(19)10-5-3-6-11(9-10)13(14,15)16/h3,5-6,9H,4,7-8H2,1-2H3,(H,17,19). The summed E-state index contributed by atoms with van der Waals surface area (Å²) < 4.78 is 37.5. The lowest BCUT2D eigenvalue weighted by atomic mass is 10.1. The van der Waals surface area contributed by atoms with E-state index in [9.17, 15) is 18.0 Å². The topological polar surface area (TPSA) is 32.3 Å². The first kappa shape index (κ1) is 15.5. The highest BCUT2D eigenvalue weighted by atomic mass is 19.4. The molecule has 1 rings (SSSR count). The monoisotopic (exact) mass is 274 g/mol. The minimum atomic E-state index is -4.43. The third-order valence-electron chi connectivity index (χ3n) is 2.52. The van der Waals surface area contributed by atoms with Gasteiger partial charge in [0.2, 0.25) is 0 Å². The Labute approximate surface area is 110 Å². The van der Waals surface area contributed by atoms with Gasteiger partial charge in [-0.3, -0.25) is 4.79 Å². The van der Waals surface area contributed by atoms with Crippen molar-refractivity contribution in [3.63, 3.8) is 0 Å². The van der Waals surface area contributed by atoms with Crippen molar-refractivity contribution in [1.29, 1.82) is 0 Å². The number of carbonyl (C=O) groups is 1. The second kappa shape index (κ2) is 6.56. The van der Waals surface area contributed by atoms with Gasteiger partial charge in [0.1, 0.15) is 0 Å². The van der Waals surface area contributed by atoms with Crippen molar-refractivity contribution in [2.75, 3.05) is 27.2 Å². The summed E-state index contributed by atoms with van der Waals surface area (Å²) >= 11 is 0. The summed E-state index contributed by atoms with van der Waals surface area (Å²) in [6.45, 7) is 1.25. The number of hydrogen-bond donors (Lipinski definition) is 1. The molecule has 0 heterocycles. The molecule has 0 fully saturated rings. The highest BCUT2D eigenvalue weighted by Gasteiger charge is 2.30. The molecule has 0 spiro atoms. The maximum Gasteiger partial charge on any atom is 0.416 e. The summed E-state index contributed by atoms with van der Waals surface area (Å²) in [4.78, 5) is 13.6. The van der Waals surface area contributed by atoms with Gasteiger partial charge >= 0.3 is 6.18 Å². The minimum absolute atomic E-state index is 0.0275. The number of carbonyl (C=O) groups excluding carboxylic acids is 1. The van der Waals surface area contributed by atoms with Crippen LogP contribution in [0.15, 0.2) is 24.3 Å². The fourth-order valence-corrected chi connectivity index (χ4v) is 1.54. The Kier molecular flexibility index (Phi) is 5.35.